The van der Waals surface area contributed by atoms with Crippen LogP contribution in [0.3, 0.4) is 0 Å². The summed E-state index contributed by atoms with van der Waals surface area (Å²) in [6.45, 7) is 0.578. The third-order valence-corrected chi connectivity index (χ3v) is 3.69. The number of rotatable bonds is 3. The zero-order valence-corrected chi connectivity index (χ0v) is 11.8. The fourth-order valence-corrected chi connectivity index (χ4v) is 2.44. The molecule has 5 nitrogen and oxygen atoms in total. The molecule has 0 amide bonds. The highest BCUT2D eigenvalue weighted by Gasteiger charge is 2.27. The fourth-order valence-electron chi connectivity index (χ4n) is 2.17. The van der Waals surface area contributed by atoms with Crippen LogP contribution in [0.2, 0.25) is 0 Å². The van der Waals surface area contributed by atoms with Crippen molar-refractivity contribution < 1.29 is 9.63 Å². The molecule has 19 heavy (non-hydrogen) atoms. The van der Waals surface area contributed by atoms with Crippen molar-refractivity contribution in [1.82, 2.24) is 15.5 Å². The van der Waals surface area contributed by atoms with Crippen molar-refractivity contribution in [3.8, 4) is 0 Å². The van der Waals surface area contributed by atoms with Gasteiger partial charge >= 0.3 is 0 Å². The molecule has 1 aliphatic heterocycles. The number of aliphatic hydroxyl groups is 1. The maximum Gasteiger partial charge on any atom is 0.243 e. The third kappa shape index (κ3) is 3.02. The van der Waals surface area contributed by atoms with Crippen molar-refractivity contribution in [3.63, 3.8) is 0 Å². The van der Waals surface area contributed by atoms with Crippen molar-refractivity contribution in [2.24, 2.45) is 0 Å². The fraction of sp³-hybridized carbons (Fsp3) is 0.385. The van der Waals surface area contributed by atoms with Gasteiger partial charge in [0, 0.05) is 17.4 Å². The first-order valence-corrected chi connectivity index (χ1v) is 6.98. The van der Waals surface area contributed by atoms with Crippen LogP contribution in [0, 0.1) is 0 Å². The molecule has 1 aliphatic rings. The molecule has 1 aromatic heterocycles. The standard InChI is InChI=1S/C13H14BrN3O2/c14-9-3-1-8(2-4-9)5-12-16-13(19-17-12)11-6-10(18)7-15-11/h1-4,10-11,15,18H,5-7H2/t10-,11+/m1/s1. The van der Waals surface area contributed by atoms with Crippen molar-refractivity contribution >= 4 is 15.9 Å². The van der Waals surface area contributed by atoms with Crippen LogP contribution in [0.25, 0.3) is 0 Å². The summed E-state index contributed by atoms with van der Waals surface area (Å²) in [5.41, 5.74) is 1.13. The number of aromatic nitrogens is 2. The topological polar surface area (TPSA) is 71.2 Å². The lowest BCUT2D eigenvalue weighted by atomic mass is 10.1. The summed E-state index contributed by atoms with van der Waals surface area (Å²) in [5.74, 6) is 1.23. The Hall–Kier alpha value is -1.24. The maximum absolute atomic E-state index is 9.47. The Morgan fingerprint density at radius 2 is 2.16 bits per heavy atom. The van der Waals surface area contributed by atoms with E-state index in [1.165, 1.54) is 0 Å². The zero-order valence-electron chi connectivity index (χ0n) is 10.2. The average Bonchev–Trinajstić information content (AvgIpc) is 3.01. The molecule has 3 rings (SSSR count). The molecular formula is C13H14BrN3O2. The van der Waals surface area contributed by atoms with Crippen molar-refractivity contribution in [1.29, 1.82) is 0 Å². The smallest absolute Gasteiger partial charge is 0.243 e. The van der Waals surface area contributed by atoms with Gasteiger partial charge in [0.2, 0.25) is 5.89 Å². The van der Waals surface area contributed by atoms with Gasteiger partial charge in [-0.3, -0.25) is 0 Å². The Morgan fingerprint density at radius 3 is 2.84 bits per heavy atom. The minimum atomic E-state index is -0.327. The van der Waals surface area contributed by atoms with E-state index in [1.54, 1.807) is 0 Å². The second-order valence-electron chi connectivity index (χ2n) is 4.70. The number of benzene rings is 1. The van der Waals surface area contributed by atoms with E-state index in [-0.39, 0.29) is 12.1 Å². The molecule has 2 atom stereocenters. The van der Waals surface area contributed by atoms with E-state index in [4.69, 9.17) is 4.52 Å². The van der Waals surface area contributed by atoms with Crippen molar-refractivity contribution in [2.45, 2.75) is 25.0 Å². The second kappa shape index (κ2) is 5.40. The first-order chi connectivity index (χ1) is 9.20. The number of nitrogens with zero attached hydrogens (tertiary/aromatic N) is 2. The Labute approximate surface area is 119 Å². The van der Waals surface area contributed by atoms with Crippen LogP contribution < -0.4 is 5.32 Å². The van der Waals surface area contributed by atoms with Gasteiger partial charge in [0.25, 0.3) is 0 Å². The van der Waals surface area contributed by atoms with E-state index >= 15 is 0 Å². The lowest BCUT2D eigenvalue weighted by Gasteiger charge is -2.01. The first-order valence-electron chi connectivity index (χ1n) is 6.19. The van der Waals surface area contributed by atoms with Gasteiger partial charge in [-0.2, -0.15) is 4.98 Å². The molecular weight excluding hydrogens is 310 g/mol. The number of β-amino-alcohol motifs (C(OH)–C–C–N with tert-alkyl or cyclic N) is 1. The zero-order chi connectivity index (χ0) is 13.2. The van der Waals surface area contributed by atoms with Crippen LogP contribution in [0.15, 0.2) is 33.3 Å². The monoisotopic (exact) mass is 323 g/mol. The number of aliphatic hydroxyl groups excluding tert-OH is 1. The summed E-state index contributed by atoms with van der Waals surface area (Å²) >= 11 is 3.40. The van der Waals surface area contributed by atoms with Crippen LogP contribution in [-0.4, -0.2) is 27.9 Å². The molecule has 2 N–H and O–H groups in total. The van der Waals surface area contributed by atoms with E-state index in [9.17, 15) is 5.11 Å². The SMILES string of the molecule is O[C@H]1CN[C@H](c2nc(Cc3ccc(Br)cc3)no2)C1. The highest BCUT2D eigenvalue weighted by molar-refractivity contribution is 9.10. The quantitative estimate of drug-likeness (QED) is 0.901. The molecule has 0 radical (unpaired) electrons. The lowest BCUT2D eigenvalue weighted by Crippen LogP contribution is -2.15. The van der Waals surface area contributed by atoms with Crippen LogP contribution in [0.1, 0.15) is 29.7 Å². The largest absolute Gasteiger partial charge is 0.392 e. The molecule has 1 saturated heterocycles. The second-order valence-corrected chi connectivity index (χ2v) is 5.62. The first kappa shape index (κ1) is 12.8. The summed E-state index contributed by atoms with van der Waals surface area (Å²) < 4.78 is 6.30. The molecule has 1 aromatic carbocycles. The van der Waals surface area contributed by atoms with Crippen LogP contribution in [0.5, 0.6) is 0 Å². The van der Waals surface area contributed by atoms with Gasteiger partial charge < -0.3 is 14.9 Å². The molecule has 1 fully saturated rings. The number of nitrogens with one attached hydrogen (secondary N) is 1. The maximum atomic E-state index is 9.47. The highest BCUT2D eigenvalue weighted by atomic mass is 79.9. The van der Waals surface area contributed by atoms with Gasteiger partial charge in [-0.05, 0) is 24.1 Å². The van der Waals surface area contributed by atoms with Gasteiger partial charge in [0.05, 0.1) is 12.1 Å². The summed E-state index contributed by atoms with van der Waals surface area (Å²) in [4.78, 5) is 4.38. The minimum Gasteiger partial charge on any atom is -0.392 e. The van der Waals surface area contributed by atoms with E-state index in [1.807, 2.05) is 24.3 Å². The summed E-state index contributed by atoms with van der Waals surface area (Å²) in [7, 11) is 0. The van der Waals surface area contributed by atoms with Crippen LogP contribution >= 0.6 is 15.9 Å². The van der Waals surface area contributed by atoms with Gasteiger partial charge in [0.1, 0.15) is 0 Å². The minimum absolute atomic E-state index is 0.0267. The highest BCUT2D eigenvalue weighted by Crippen LogP contribution is 2.22. The van der Waals surface area contributed by atoms with E-state index in [2.05, 4.69) is 31.4 Å². The van der Waals surface area contributed by atoms with E-state index < -0.39 is 0 Å². The normalized spacial score (nSPS) is 22.8. The van der Waals surface area contributed by atoms with Crippen molar-refractivity contribution in [2.75, 3.05) is 6.54 Å². The Balaban J connectivity index is 1.69. The van der Waals surface area contributed by atoms with Gasteiger partial charge in [0.15, 0.2) is 5.82 Å². The Morgan fingerprint density at radius 1 is 1.37 bits per heavy atom. The number of halogens is 1. The molecule has 6 heteroatoms. The van der Waals surface area contributed by atoms with Gasteiger partial charge in [-0.25, -0.2) is 0 Å². The third-order valence-electron chi connectivity index (χ3n) is 3.17. The molecule has 0 spiro atoms. The van der Waals surface area contributed by atoms with Gasteiger partial charge in [-0.1, -0.05) is 33.2 Å². The number of hydrogen-bond acceptors (Lipinski definition) is 5. The Kier molecular flexibility index (Phi) is 3.63. The predicted octanol–water partition coefficient (Wildman–Crippen LogP) is 1.82. The van der Waals surface area contributed by atoms with Crippen LogP contribution in [-0.2, 0) is 6.42 Å². The average molecular weight is 324 g/mol. The summed E-state index contributed by atoms with van der Waals surface area (Å²) in [5, 5.41) is 16.6. The van der Waals surface area contributed by atoms with Crippen LogP contribution in [0.4, 0.5) is 0 Å². The molecule has 0 bridgehead atoms. The van der Waals surface area contributed by atoms with Gasteiger partial charge in [-0.15, -0.1) is 0 Å². The Bertz CT molecular complexity index is 555. The predicted molar refractivity (Wildman–Crippen MR) is 72.6 cm³/mol. The molecule has 0 aliphatic carbocycles. The molecule has 2 heterocycles. The van der Waals surface area contributed by atoms with E-state index in [0.717, 1.165) is 10.0 Å². The molecule has 2 aromatic rings. The van der Waals surface area contributed by atoms with Crippen molar-refractivity contribution in [3.05, 3.63) is 46.0 Å². The molecule has 0 unspecified atom stereocenters. The molecule has 0 saturated carbocycles. The number of hydrogen-bond donors (Lipinski definition) is 2. The van der Waals surface area contributed by atoms with E-state index in [0.29, 0.717) is 31.1 Å². The summed E-state index contributed by atoms with van der Waals surface area (Å²) in [6, 6.07) is 8.01. The lowest BCUT2D eigenvalue weighted by molar-refractivity contribution is 0.191. The summed E-state index contributed by atoms with van der Waals surface area (Å²) in [6.07, 6.45) is 0.943. The molecule has 100 valence electrons.